The number of nitrogens with zero attached hydrogens (tertiary/aromatic N) is 7. The van der Waals surface area contributed by atoms with E-state index >= 15 is 0 Å². The lowest BCUT2D eigenvalue weighted by Gasteiger charge is -2.61. The standard InChI is InChI=1S/C41H46ClN7O4/c1-25-29(8-6-9-30(25)34-19-43-35(39(45-34)52-4)20-46-14-16-47(17-15-46)26(2)50)31-10-7-11-32(38(31)42)33-18-28-12-13-36(37(28)40(44-33)53-5)49-23-41(24-49)21-48(22-41)27(3)51/h6-11,18-19,36H,12-17,20-24H2,1-5H3. The summed E-state index contributed by atoms with van der Waals surface area (Å²) >= 11 is 7.29. The van der Waals surface area contributed by atoms with Crippen molar-refractivity contribution in [3.63, 3.8) is 0 Å². The lowest BCUT2D eigenvalue weighted by Crippen LogP contribution is -2.72. The van der Waals surface area contributed by atoms with Crippen LogP contribution < -0.4 is 9.47 Å². The van der Waals surface area contributed by atoms with E-state index in [1.807, 2.05) is 46.3 Å². The first kappa shape index (κ1) is 35.4. The van der Waals surface area contributed by atoms with E-state index < -0.39 is 0 Å². The number of benzene rings is 2. The largest absolute Gasteiger partial charge is 0.481 e. The summed E-state index contributed by atoms with van der Waals surface area (Å²) in [6.45, 7) is 12.7. The first-order valence-corrected chi connectivity index (χ1v) is 18.8. The number of hydrogen-bond acceptors (Lipinski definition) is 9. The molecule has 2 amide bonds. The first-order chi connectivity index (χ1) is 25.6. The number of amides is 2. The van der Waals surface area contributed by atoms with Gasteiger partial charge in [0.15, 0.2) is 0 Å². The molecule has 4 aliphatic rings. The molecular weight excluding hydrogens is 690 g/mol. The van der Waals surface area contributed by atoms with E-state index in [1.165, 1.54) is 11.1 Å². The summed E-state index contributed by atoms with van der Waals surface area (Å²) in [4.78, 5) is 46.9. The Bertz CT molecular complexity index is 2090. The molecule has 8 rings (SSSR count). The van der Waals surface area contributed by atoms with Gasteiger partial charge in [0.05, 0.1) is 36.8 Å². The van der Waals surface area contributed by atoms with E-state index in [0.29, 0.717) is 36.4 Å². The number of halogens is 1. The lowest BCUT2D eigenvalue weighted by molar-refractivity contribution is -0.161. The predicted octanol–water partition coefficient (Wildman–Crippen LogP) is 5.67. The molecule has 3 aliphatic heterocycles. The Morgan fingerprint density at radius 1 is 0.830 bits per heavy atom. The van der Waals surface area contributed by atoms with Gasteiger partial charge in [-0.05, 0) is 42.5 Å². The van der Waals surface area contributed by atoms with Crippen molar-refractivity contribution in [1.29, 1.82) is 0 Å². The SMILES string of the molecule is COc1nc(-c2cccc(-c3cccc(-c4cc5c(c(OC)n4)C(N4CC6(CN(C(C)=O)C6)C4)CC5)c3Cl)c2C)cnc1CN1CCN(C(C)=O)CC1. The third kappa shape index (κ3) is 6.42. The van der Waals surface area contributed by atoms with Crippen molar-refractivity contribution in [2.75, 3.05) is 66.6 Å². The van der Waals surface area contributed by atoms with Crippen LogP contribution in [0.4, 0.5) is 0 Å². The van der Waals surface area contributed by atoms with Crippen LogP contribution in [0.1, 0.15) is 48.7 Å². The number of pyridine rings is 1. The quantitative estimate of drug-likeness (QED) is 0.227. The fourth-order valence-electron chi connectivity index (χ4n) is 8.84. The molecule has 2 aromatic heterocycles. The number of likely N-dealkylation sites (tertiary alicyclic amines) is 2. The average molecular weight is 736 g/mol. The predicted molar refractivity (Wildman–Crippen MR) is 204 cm³/mol. The molecule has 53 heavy (non-hydrogen) atoms. The number of aromatic nitrogens is 3. The second kappa shape index (κ2) is 14.0. The number of aryl methyl sites for hydroxylation is 1. The summed E-state index contributed by atoms with van der Waals surface area (Å²) in [6, 6.07) is 14.7. The number of piperazine rings is 1. The Kier molecular flexibility index (Phi) is 9.37. The van der Waals surface area contributed by atoms with Gasteiger partial charge in [-0.3, -0.25) is 24.4 Å². The highest BCUT2D eigenvalue weighted by Gasteiger charge is 2.55. The van der Waals surface area contributed by atoms with Crippen molar-refractivity contribution in [1.82, 2.24) is 34.6 Å². The monoisotopic (exact) mass is 735 g/mol. The van der Waals surface area contributed by atoms with Crippen molar-refractivity contribution in [3.8, 4) is 45.4 Å². The molecule has 3 saturated heterocycles. The minimum Gasteiger partial charge on any atom is -0.481 e. The molecule has 0 N–H and O–H groups in total. The van der Waals surface area contributed by atoms with Crippen molar-refractivity contribution in [2.45, 2.75) is 46.2 Å². The average Bonchev–Trinajstić information content (AvgIpc) is 3.54. The van der Waals surface area contributed by atoms with Crippen LogP contribution in [0.25, 0.3) is 33.6 Å². The van der Waals surface area contributed by atoms with E-state index in [-0.39, 0.29) is 23.3 Å². The molecule has 1 atom stereocenters. The molecule has 0 saturated carbocycles. The zero-order chi connectivity index (χ0) is 37.0. The van der Waals surface area contributed by atoms with Crippen LogP contribution in [0.3, 0.4) is 0 Å². The smallest absolute Gasteiger partial charge is 0.237 e. The Morgan fingerprint density at radius 3 is 2.15 bits per heavy atom. The van der Waals surface area contributed by atoms with E-state index in [4.69, 9.17) is 36.0 Å². The summed E-state index contributed by atoms with van der Waals surface area (Å²) in [5.41, 5.74) is 9.72. The minimum atomic E-state index is 0.112. The van der Waals surface area contributed by atoms with Gasteiger partial charge in [-0.15, -0.1) is 0 Å². The maximum atomic E-state index is 11.8. The van der Waals surface area contributed by atoms with Crippen LogP contribution >= 0.6 is 11.6 Å². The molecule has 1 aliphatic carbocycles. The van der Waals surface area contributed by atoms with Crippen molar-refractivity contribution >= 4 is 23.4 Å². The summed E-state index contributed by atoms with van der Waals surface area (Å²) < 4.78 is 11.7. The zero-order valence-corrected chi connectivity index (χ0v) is 31.9. The highest BCUT2D eigenvalue weighted by Crippen LogP contribution is 2.50. The topological polar surface area (TPSA) is 104 Å². The van der Waals surface area contributed by atoms with Gasteiger partial charge >= 0.3 is 0 Å². The van der Waals surface area contributed by atoms with Crippen LogP contribution in [0.15, 0.2) is 48.7 Å². The van der Waals surface area contributed by atoms with Crippen molar-refractivity contribution < 1.29 is 19.1 Å². The number of carbonyl (C=O) groups is 2. The third-order valence-electron chi connectivity index (χ3n) is 11.7. The molecule has 1 unspecified atom stereocenters. The fraction of sp³-hybridized carbons (Fsp3) is 0.439. The van der Waals surface area contributed by atoms with Crippen LogP contribution in [0.2, 0.25) is 5.02 Å². The van der Waals surface area contributed by atoms with Crippen molar-refractivity contribution in [2.24, 2.45) is 5.41 Å². The van der Waals surface area contributed by atoms with E-state index in [0.717, 1.165) is 97.0 Å². The summed E-state index contributed by atoms with van der Waals surface area (Å²) in [6.07, 6.45) is 3.79. The number of methoxy groups -OCH3 is 2. The molecule has 0 bridgehead atoms. The molecule has 2 aromatic carbocycles. The molecule has 12 heteroatoms. The van der Waals surface area contributed by atoms with Gasteiger partial charge in [0.1, 0.15) is 5.69 Å². The van der Waals surface area contributed by atoms with E-state index in [2.05, 4.69) is 28.9 Å². The lowest BCUT2D eigenvalue weighted by atomic mass is 9.72. The van der Waals surface area contributed by atoms with Gasteiger partial charge in [0.2, 0.25) is 23.6 Å². The van der Waals surface area contributed by atoms with Gasteiger partial charge in [-0.2, -0.15) is 0 Å². The Labute approximate surface area is 315 Å². The van der Waals surface area contributed by atoms with Crippen LogP contribution in [-0.4, -0.2) is 113 Å². The maximum absolute atomic E-state index is 11.8. The maximum Gasteiger partial charge on any atom is 0.237 e. The zero-order valence-electron chi connectivity index (χ0n) is 31.1. The Balaban J connectivity index is 1.04. The first-order valence-electron chi connectivity index (χ1n) is 18.4. The van der Waals surface area contributed by atoms with Gasteiger partial charge in [-0.1, -0.05) is 48.0 Å². The van der Waals surface area contributed by atoms with Crippen molar-refractivity contribution in [3.05, 3.63) is 76.1 Å². The number of ether oxygens (including phenoxy) is 2. The van der Waals surface area contributed by atoms with Gasteiger partial charge in [0.25, 0.3) is 0 Å². The molecule has 11 nitrogen and oxygen atoms in total. The number of carbonyl (C=O) groups excluding carboxylic acids is 2. The van der Waals surface area contributed by atoms with Crippen LogP contribution in [-0.2, 0) is 22.6 Å². The normalized spacial score (nSPS) is 19.5. The number of fused-ring (bicyclic) bond motifs is 1. The molecule has 276 valence electrons. The second-order valence-electron chi connectivity index (χ2n) is 15.1. The number of rotatable bonds is 8. The van der Waals surface area contributed by atoms with Gasteiger partial charge in [0, 0.05) is 106 Å². The third-order valence-corrected chi connectivity index (χ3v) is 12.1. The Hall–Kier alpha value is -4.58. The molecule has 0 radical (unpaired) electrons. The molecular formula is C41H46ClN7O4. The molecule has 1 spiro atoms. The summed E-state index contributed by atoms with van der Waals surface area (Å²) in [5, 5.41) is 0.630. The van der Waals surface area contributed by atoms with E-state index in [9.17, 15) is 9.59 Å². The van der Waals surface area contributed by atoms with E-state index in [1.54, 1.807) is 28.1 Å². The van der Waals surface area contributed by atoms with Gasteiger partial charge in [-0.25, -0.2) is 9.97 Å². The molecule has 5 heterocycles. The molecule has 4 aromatic rings. The van der Waals surface area contributed by atoms with Crippen LogP contribution in [0.5, 0.6) is 11.8 Å². The highest BCUT2D eigenvalue weighted by molar-refractivity contribution is 6.36. The molecule has 3 fully saturated rings. The van der Waals surface area contributed by atoms with Gasteiger partial charge < -0.3 is 19.3 Å². The second-order valence-corrected chi connectivity index (χ2v) is 15.4. The minimum absolute atomic E-state index is 0.112. The summed E-state index contributed by atoms with van der Waals surface area (Å²) in [5.74, 6) is 1.43. The fourth-order valence-corrected chi connectivity index (χ4v) is 9.16. The highest BCUT2D eigenvalue weighted by atomic mass is 35.5. The number of hydrogen-bond donors (Lipinski definition) is 0. The van der Waals surface area contributed by atoms with Crippen LogP contribution in [0, 0.1) is 12.3 Å². The Morgan fingerprint density at radius 2 is 1.47 bits per heavy atom. The summed E-state index contributed by atoms with van der Waals surface area (Å²) in [7, 11) is 3.32.